The highest BCUT2D eigenvalue weighted by atomic mass is 16.6. The summed E-state index contributed by atoms with van der Waals surface area (Å²) in [6.07, 6.45) is 1.35. The second-order valence-corrected chi connectivity index (χ2v) is 4.42. The highest BCUT2D eigenvalue weighted by Gasteiger charge is 2.17. The second-order valence-electron chi connectivity index (χ2n) is 4.42. The van der Waals surface area contributed by atoms with E-state index in [0.29, 0.717) is 17.5 Å². The molecule has 0 saturated carbocycles. The number of aryl methyl sites for hydroxylation is 1. The fourth-order valence-electron chi connectivity index (χ4n) is 1.92. The summed E-state index contributed by atoms with van der Waals surface area (Å²) in [5, 5.41) is 22.7. The predicted octanol–water partition coefficient (Wildman–Crippen LogP) is 2.20. The van der Waals surface area contributed by atoms with E-state index in [2.05, 4.69) is 15.3 Å². The summed E-state index contributed by atoms with van der Waals surface area (Å²) in [7, 11) is 0. The van der Waals surface area contributed by atoms with Gasteiger partial charge in [-0.2, -0.15) is 5.10 Å². The van der Waals surface area contributed by atoms with Crippen molar-refractivity contribution in [2.45, 2.75) is 13.5 Å². The summed E-state index contributed by atoms with van der Waals surface area (Å²) in [5.74, 6) is 0.746. The zero-order valence-corrected chi connectivity index (χ0v) is 11.1. The molecule has 3 aromatic rings. The number of rotatable bonds is 4. The Morgan fingerprint density at radius 3 is 2.71 bits per heavy atom. The first kappa shape index (κ1) is 13.0. The molecule has 106 valence electrons. The van der Waals surface area contributed by atoms with Gasteiger partial charge in [0.2, 0.25) is 11.8 Å². The number of hydrogen-bond acceptors (Lipinski definition) is 6. The van der Waals surface area contributed by atoms with Gasteiger partial charge in [-0.25, -0.2) is 0 Å². The third kappa shape index (κ3) is 2.64. The first-order valence-corrected chi connectivity index (χ1v) is 6.20. The summed E-state index contributed by atoms with van der Waals surface area (Å²) in [6, 6.07) is 9.37. The lowest BCUT2D eigenvalue weighted by molar-refractivity contribution is -0.385. The summed E-state index contributed by atoms with van der Waals surface area (Å²) in [5.41, 5.74) is 1.14. The molecule has 0 fully saturated rings. The molecule has 1 aromatic carbocycles. The molecule has 2 aromatic heterocycles. The lowest BCUT2D eigenvalue weighted by Crippen LogP contribution is -2.00. The van der Waals surface area contributed by atoms with Crippen molar-refractivity contribution in [1.29, 1.82) is 0 Å². The van der Waals surface area contributed by atoms with E-state index in [4.69, 9.17) is 4.42 Å². The minimum Gasteiger partial charge on any atom is -0.419 e. The summed E-state index contributed by atoms with van der Waals surface area (Å²) >= 11 is 0. The molecular weight excluding hydrogens is 274 g/mol. The molecule has 0 spiro atoms. The van der Waals surface area contributed by atoms with Crippen molar-refractivity contribution in [1.82, 2.24) is 20.0 Å². The number of aromatic nitrogens is 4. The van der Waals surface area contributed by atoms with E-state index in [1.165, 1.54) is 10.9 Å². The summed E-state index contributed by atoms with van der Waals surface area (Å²) in [6.45, 7) is 1.77. The van der Waals surface area contributed by atoms with Crippen LogP contribution in [0.25, 0.3) is 11.5 Å². The first-order valence-electron chi connectivity index (χ1n) is 6.20. The van der Waals surface area contributed by atoms with Gasteiger partial charge in [-0.15, -0.1) is 10.2 Å². The maximum Gasteiger partial charge on any atom is 0.309 e. The molecule has 0 bridgehead atoms. The fourth-order valence-corrected chi connectivity index (χ4v) is 1.92. The van der Waals surface area contributed by atoms with Crippen LogP contribution in [0.3, 0.4) is 0 Å². The fraction of sp³-hybridized carbons (Fsp3) is 0.154. The van der Waals surface area contributed by atoms with E-state index in [-0.39, 0.29) is 12.2 Å². The Bertz CT molecular complexity index is 778. The van der Waals surface area contributed by atoms with Gasteiger partial charge in [0.05, 0.1) is 4.92 Å². The number of benzene rings is 1. The largest absolute Gasteiger partial charge is 0.419 e. The first-order chi connectivity index (χ1) is 10.1. The van der Waals surface area contributed by atoms with E-state index >= 15 is 0 Å². The topological polar surface area (TPSA) is 99.9 Å². The van der Waals surface area contributed by atoms with Crippen LogP contribution < -0.4 is 0 Å². The second kappa shape index (κ2) is 5.16. The molecule has 0 aliphatic heterocycles. The van der Waals surface area contributed by atoms with Gasteiger partial charge in [0, 0.05) is 5.56 Å². The zero-order chi connectivity index (χ0) is 14.8. The van der Waals surface area contributed by atoms with Crippen LogP contribution in [0.1, 0.15) is 11.6 Å². The van der Waals surface area contributed by atoms with Crippen LogP contribution in [-0.2, 0) is 6.54 Å². The summed E-state index contributed by atoms with van der Waals surface area (Å²) in [4.78, 5) is 10.3. The van der Waals surface area contributed by atoms with Gasteiger partial charge in [-0.05, 0) is 19.1 Å². The van der Waals surface area contributed by atoms with Gasteiger partial charge in [0.25, 0.3) is 0 Å². The molecule has 0 saturated heterocycles. The van der Waals surface area contributed by atoms with Crippen LogP contribution in [0.2, 0.25) is 0 Å². The highest BCUT2D eigenvalue weighted by molar-refractivity contribution is 5.51. The van der Waals surface area contributed by atoms with Crippen LogP contribution in [0.5, 0.6) is 0 Å². The molecule has 0 aliphatic rings. The number of nitro groups is 1. The third-order valence-electron chi connectivity index (χ3n) is 2.90. The standard InChI is InChI=1S/C13H11N5O3/c1-9-11(18(19)20)7-17(16-9)8-12-14-15-13(21-12)10-5-3-2-4-6-10/h2-7H,8H2,1H3. The van der Waals surface area contributed by atoms with Crippen LogP contribution >= 0.6 is 0 Å². The Labute approximate surface area is 119 Å². The van der Waals surface area contributed by atoms with Crippen molar-refractivity contribution in [2.24, 2.45) is 0 Å². The Morgan fingerprint density at radius 1 is 1.29 bits per heavy atom. The van der Waals surface area contributed by atoms with Crippen molar-refractivity contribution in [3.8, 4) is 11.5 Å². The van der Waals surface area contributed by atoms with Crippen molar-refractivity contribution >= 4 is 5.69 Å². The normalized spacial score (nSPS) is 10.7. The van der Waals surface area contributed by atoms with Crippen molar-refractivity contribution in [3.63, 3.8) is 0 Å². The molecule has 0 unspecified atom stereocenters. The van der Waals surface area contributed by atoms with Gasteiger partial charge in [0.15, 0.2) is 0 Å². The van der Waals surface area contributed by atoms with E-state index < -0.39 is 4.92 Å². The van der Waals surface area contributed by atoms with E-state index in [0.717, 1.165) is 5.56 Å². The Hall–Kier alpha value is -3.03. The van der Waals surface area contributed by atoms with Crippen LogP contribution in [0.15, 0.2) is 40.9 Å². The molecule has 2 heterocycles. The van der Waals surface area contributed by atoms with E-state index in [1.54, 1.807) is 6.92 Å². The molecule has 0 radical (unpaired) electrons. The molecule has 8 heteroatoms. The molecule has 0 amide bonds. The molecule has 21 heavy (non-hydrogen) atoms. The lowest BCUT2D eigenvalue weighted by atomic mass is 10.2. The number of hydrogen-bond donors (Lipinski definition) is 0. The van der Waals surface area contributed by atoms with Crippen LogP contribution in [0.4, 0.5) is 5.69 Å². The average molecular weight is 285 g/mol. The van der Waals surface area contributed by atoms with Crippen molar-refractivity contribution in [2.75, 3.05) is 0 Å². The van der Waals surface area contributed by atoms with E-state index in [1.807, 2.05) is 30.3 Å². The summed E-state index contributed by atoms with van der Waals surface area (Å²) < 4.78 is 6.94. The monoisotopic (exact) mass is 285 g/mol. The van der Waals surface area contributed by atoms with E-state index in [9.17, 15) is 10.1 Å². The molecule has 8 nitrogen and oxygen atoms in total. The minimum atomic E-state index is -0.470. The van der Waals surface area contributed by atoms with Gasteiger partial charge < -0.3 is 4.42 Å². The molecule has 0 aliphatic carbocycles. The van der Waals surface area contributed by atoms with Crippen LogP contribution in [-0.4, -0.2) is 24.9 Å². The predicted molar refractivity (Wildman–Crippen MR) is 72.5 cm³/mol. The van der Waals surface area contributed by atoms with Crippen LogP contribution in [0, 0.1) is 17.0 Å². The van der Waals surface area contributed by atoms with Gasteiger partial charge >= 0.3 is 5.69 Å². The average Bonchev–Trinajstić information content (AvgIpc) is 3.07. The Balaban J connectivity index is 1.82. The van der Waals surface area contributed by atoms with Gasteiger partial charge in [-0.1, -0.05) is 18.2 Å². The van der Waals surface area contributed by atoms with Gasteiger partial charge in [0.1, 0.15) is 18.4 Å². The van der Waals surface area contributed by atoms with Crippen molar-refractivity contribution in [3.05, 3.63) is 58.2 Å². The highest BCUT2D eigenvalue weighted by Crippen LogP contribution is 2.19. The van der Waals surface area contributed by atoms with Gasteiger partial charge in [-0.3, -0.25) is 14.8 Å². The Kier molecular flexibility index (Phi) is 3.19. The molecular formula is C13H11N5O3. The minimum absolute atomic E-state index is 0.0298. The number of nitrogens with zero attached hydrogens (tertiary/aromatic N) is 5. The molecule has 3 rings (SSSR count). The zero-order valence-electron chi connectivity index (χ0n) is 11.1. The molecule has 0 atom stereocenters. The smallest absolute Gasteiger partial charge is 0.309 e. The molecule has 0 N–H and O–H groups in total. The van der Waals surface area contributed by atoms with Crippen molar-refractivity contribution < 1.29 is 9.34 Å². The maximum atomic E-state index is 10.8. The lowest BCUT2D eigenvalue weighted by Gasteiger charge is -1.95. The quantitative estimate of drug-likeness (QED) is 0.538. The Morgan fingerprint density at radius 2 is 2.05 bits per heavy atom. The third-order valence-corrected chi connectivity index (χ3v) is 2.90. The maximum absolute atomic E-state index is 10.8. The SMILES string of the molecule is Cc1nn(Cc2nnc(-c3ccccc3)o2)cc1[N+](=O)[O-].